The van der Waals surface area contributed by atoms with Gasteiger partial charge < -0.3 is 14.4 Å². The second-order valence-electron chi connectivity index (χ2n) is 10.0. The van der Waals surface area contributed by atoms with Crippen molar-refractivity contribution in [1.82, 2.24) is 24.6 Å². The molecular weight excluding hydrogens is 527 g/mol. The molecule has 2 aliphatic rings. The number of morpholine rings is 1. The molecule has 0 unspecified atom stereocenters. The minimum atomic E-state index is -5.11. The van der Waals surface area contributed by atoms with E-state index in [2.05, 4.69) is 19.7 Å². The summed E-state index contributed by atoms with van der Waals surface area (Å²) in [5, 5.41) is 4.87. The third kappa shape index (κ3) is 6.65. The van der Waals surface area contributed by atoms with E-state index in [1.807, 2.05) is 24.3 Å². The molecule has 1 aliphatic heterocycles. The van der Waals surface area contributed by atoms with Crippen molar-refractivity contribution in [2.75, 3.05) is 27.2 Å². The molecule has 2 fully saturated rings. The standard InChI is InChI=1S/C25H31ClF3N5O4/c1-32(2)22(35)20-13-34(19(14-37-20)12-15-4-8-17(26)9-5-15)18-10-6-16(7-11-18)21-30-24(33(3)31-21)38-23(36)25(27,28)29/h4-5,8-9,16,18-20H,6-7,10-14H2,1-3H3/t16?,18?,19-,20+/m0/s1. The van der Waals surface area contributed by atoms with Gasteiger partial charge >= 0.3 is 18.2 Å². The van der Waals surface area contributed by atoms with Crippen LogP contribution >= 0.6 is 11.6 Å². The fourth-order valence-corrected chi connectivity index (χ4v) is 5.25. The van der Waals surface area contributed by atoms with Crippen LogP contribution in [0.4, 0.5) is 13.2 Å². The summed E-state index contributed by atoms with van der Waals surface area (Å²) in [6, 6.07) is 7.48. The Morgan fingerprint density at radius 2 is 1.82 bits per heavy atom. The number of ether oxygens (including phenoxy) is 2. The molecule has 38 heavy (non-hydrogen) atoms. The first-order valence-electron chi connectivity index (χ1n) is 12.4. The number of amides is 1. The molecule has 1 saturated carbocycles. The van der Waals surface area contributed by atoms with E-state index >= 15 is 0 Å². The number of halogens is 4. The van der Waals surface area contributed by atoms with Crippen LogP contribution in [0.5, 0.6) is 6.01 Å². The zero-order valence-electron chi connectivity index (χ0n) is 21.4. The molecule has 1 aromatic carbocycles. The highest BCUT2D eigenvalue weighted by Crippen LogP contribution is 2.36. The highest BCUT2D eigenvalue weighted by atomic mass is 35.5. The van der Waals surface area contributed by atoms with Crippen molar-refractivity contribution in [3.8, 4) is 6.01 Å². The van der Waals surface area contributed by atoms with E-state index in [4.69, 9.17) is 16.3 Å². The van der Waals surface area contributed by atoms with Crippen LogP contribution in [0.3, 0.4) is 0 Å². The van der Waals surface area contributed by atoms with Gasteiger partial charge in [-0.25, -0.2) is 9.48 Å². The first-order valence-corrected chi connectivity index (χ1v) is 12.8. The molecule has 1 amide bonds. The fraction of sp³-hybridized carbons (Fsp3) is 0.600. The summed E-state index contributed by atoms with van der Waals surface area (Å²) >= 11 is 6.05. The number of likely N-dealkylation sites (N-methyl/N-ethyl adjacent to an activating group) is 1. The minimum Gasteiger partial charge on any atom is -0.384 e. The number of hydrogen-bond donors (Lipinski definition) is 0. The van der Waals surface area contributed by atoms with E-state index in [1.54, 1.807) is 14.1 Å². The molecule has 4 rings (SSSR count). The van der Waals surface area contributed by atoms with Crippen LogP contribution in [-0.4, -0.2) is 88.1 Å². The molecular formula is C25H31ClF3N5O4. The average molecular weight is 558 g/mol. The minimum absolute atomic E-state index is 0.0743. The topological polar surface area (TPSA) is 89.8 Å². The number of aromatic nitrogens is 3. The molecule has 2 aromatic rings. The van der Waals surface area contributed by atoms with Gasteiger partial charge in [0.2, 0.25) is 0 Å². The average Bonchev–Trinajstić information content (AvgIpc) is 3.24. The zero-order valence-corrected chi connectivity index (χ0v) is 22.2. The number of hydrogen-bond acceptors (Lipinski definition) is 7. The number of aryl methyl sites for hydroxylation is 1. The molecule has 9 nitrogen and oxygen atoms in total. The van der Waals surface area contributed by atoms with Gasteiger partial charge in [-0.3, -0.25) is 9.69 Å². The lowest BCUT2D eigenvalue weighted by Crippen LogP contribution is -2.58. The van der Waals surface area contributed by atoms with E-state index in [9.17, 15) is 22.8 Å². The SMILES string of the molecule is CN(C)C(=O)[C@H]1CN(C2CCC(c3nc(OC(=O)C(F)(F)F)n(C)n3)CC2)[C@@H](Cc2ccc(Cl)cc2)CO1. The number of carbonyl (C=O) groups is 2. The number of nitrogens with zero attached hydrogens (tertiary/aromatic N) is 5. The van der Waals surface area contributed by atoms with Crippen LogP contribution in [0.2, 0.25) is 5.02 Å². The quantitative estimate of drug-likeness (QED) is 0.503. The highest BCUT2D eigenvalue weighted by molar-refractivity contribution is 6.30. The molecule has 0 radical (unpaired) electrons. The van der Waals surface area contributed by atoms with E-state index in [-0.39, 0.29) is 23.9 Å². The Balaban J connectivity index is 1.44. The lowest BCUT2D eigenvalue weighted by atomic mass is 9.83. The van der Waals surface area contributed by atoms with Crippen LogP contribution in [0.1, 0.15) is 43.0 Å². The maximum absolute atomic E-state index is 12.7. The first kappa shape index (κ1) is 28.3. The Morgan fingerprint density at radius 3 is 2.42 bits per heavy atom. The van der Waals surface area contributed by atoms with Crippen LogP contribution in [0.25, 0.3) is 0 Å². The van der Waals surface area contributed by atoms with Crippen molar-refractivity contribution >= 4 is 23.5 Å². The summed E-state index contributed by atoms with van der Waals surface area (Å²) in [4.78, 5) is 31.9. The Hall–Kier alpha value is -2.70. The fourth-order valence-electron chi connectivity index (χ4n) is 5.13. The molecule has 1 saturated heterocycles. The second kappa shape index (κ2) is 11.6. The molecule has 2 heterocycles. The third-order valence-corrected chi connectivity index (χ3v) is 7.37. The number of alkyl halides is 3. The summed E-state index contributed by atoms with van der Waals surface area (Å²) < 4.78 is 49.2. The Labute approximate surface area is 223 Å². The smallest absolute Gasteiger partial charge is 0.384 e. The second-order valence-corrected chi connectivity index (χ2v) is 10.4. The van der Waals surface area contributed by atoms with Gasteiger partial charge in [0.25, 0.3) is 5.91 Å². The van der Waals surface area contributed by atoms with Crippen molar-refractivity contribution in [1.29, 1.82) is 0 Å². The van der Waals surface area contributed by atoms with Gasteiger partial charge in [0.1, 0.15) is 6.10 Å². The van der Waals surface area contributed by atoms with Crippen molar-refractivity contribution in [3.05, 3.63) is 40.7 Å². The Bertz CT molecular complexity index is 1130. The maximum atomic E-state index is 12.7. The van der Waals surface area contributed by atoms with E-state index in [1.165, 1.54) is 11.9 Å². The monoisotopic (exact) mass is 557 g/mol. The molecule has 0 bridgehead atoms. The van der Waals surface area contributed by atoms with Gasteiger partial charge in [-0.15, -0.1) is 0 Å². The lowest BCUT2D eigenvalue weighted by Gasteiger charge is -2.46. The zero-order chi connectivity index (χ0) is 27.6. The van der Waals surface area contributed by atoms with Crippen molar-refractivity contribution < 1.29 is 32.2 Å². The van der Waals surface area contributed by atoms with E-state index < -0.39 is 24.3 Å². The summed E-state index contributed by atoms with van der Waals surface area (Å²) in [6.45, 7) is 0.895. The van der Waals surface area contributed by atoms with Gasteiger partial charge in [-0.05, 0) is 49.8 Å². The van der Waals surface area contributed by atoms with Crippen molar-refractivity contribution in [2.24, 2.45) is 7.05 Å². The summed E-state index contributed by atoms with van der Waals surface area (Å²) in [6.07, 6.45) is -1.92. The number of benzene rings is 1. The summed E-state index contributed by atoms with van der Waals surface area (Å²) in [7, 11) is 4.81. The Morgan fingerprint density at radius 1 is 1.16 bits per heavy atom. The van der Waals surface area contributed by atoms with Crippen molar-refractivity contribution in [2.45, 2.75) is 62.4 Å². The molecule has 0 spiro atoms. The largest absolute Gasteiger partial charge is 0.491 e. The third-order valence-electron chi connectivity index (χ3n) is 7.12. The van der Waals surface area contributed by atoms with Crippen LogP contribution < -0.4 is 4.74 Å². The molecule has 1 aliphatic carbocycles. The first-order chi connectivity index (χ1) is 17.9. The highest BCUT2D eigenvalue weighted by Gasteiger charge is 2.43. The van der Waals surface area contributed by atoms with Gasteiger partial charge in [-0.1, -0.05) is 23.7 Å². The van der Waals surface area contributed by atoms with Gasteiger partial charge in [0.05, 0.1) is 6.61 Å². The van der Waals surface area contributed by atoms with Gasteiger partial charge in [0, 0.05) is 50.7 Å². The molecule has 1 aromatic heterocycles. The molecule has 208 valence electrons. The molecule has 13 heteroatoms. The van der Waals surface area contributed by atoms with E-state index in [0.29, 0.717) is 36.8 Å². The predicted octanol–water partition coefficient (Wildman–Crippen LogP) is 3.36. The summed E-state index contributed by atoms with van der Waals surface area (Å²) in [5.41, 5.74) is 1.12. The predicted molar refractivity (Wildman–Crippen MR) is 132 cm³/mol. The molecule has 2 atom stereocenters. The van der Waals surface area contributed by atoms with Crippen LogP contribution in [0, 0.1) is 0 Å². The van der Waals surface area contributed by atoms with Gasteiger partial charge in [-0.2, -0.15) is 23.3 Å². The van der Waals surface area contributed by atoms with E-state index in [0.717, 1.165) is 29.5 Å². The summed E-state index contributed by atoms with van der Waals surface area (Å²) in [5.74, 6) is -2.13. The van der Waals surface area contributed by atoms with Crippen LogP contribution in [-0.2, 0) is 27.8 Å². The normalized spacial score (nSPS) is 24.7. The Kier molecular flexibility index (Phi) is 8.63. The molecule has 0 N–H and O–H groups in total. The number of carbonyl (C=O) groups excluding carboxylic acids is 2. The van der Waals surface area contributed by atoms with Crippen molar-refractivity contribution in [3.63, 3.8) is 0 Å². The number of rotatable bonds is 6. The van der Waals surface area contributed by atoms with Crippen LogP contribution in [0.15, 0.2) is 24.3 Å². The number of esters is 1. The maximum Gasteiger partial charge on any atom is 0.491 e. The lowest BCUT2D eigenvalue weighted by molar-refractivity contribution is -0.190. The van der Waals surface area contributed by atoms with Gasteiger partial charge in [0.15, 0.2) is 5.82 Å².